The number of hydrogen-bond acceptors (Lipinski definition) is 3. The van der Waals surface area contributed by atoms with E-state index in [1.807, 2.05) is 0 Å². The Labute approximate surface area is 117 Å². The van der Waals surface area contributed by atoms with Crippen LogP contribution in [-0.4, -0.2) is 48.4 Å². The molecule has 6 nitrogen and oxygen atoms in total. The highest BCUT2D eigenvalue weighted by Crippen LogP contribution is 2.20. The van der Waals surface area contributed by atoms with Crippen LogP contribution >= 0.6 is 0 Å². The number of likely N-dealkylation sites (N-methyl/N-ethyl adjacent to an activating group) is 2. The summed E-state index contributed by atoms with van der Waals surface area (Å²) < 4.78 is 0. The van der Waals surface area contributed by atoms with E-state index in [1.54, 1.807) is 26.0 Å². The Morgan fingerprint density at radius 3 is 2.10 bits per heavy atom. The zero-order valence-electron chi connectivity index (χ0n) is 12.0. The fourth-order valence-electron chi connectivity index (χ4n) is 1.92. The van der Waals surface area contributed by atoms with Gasteiger partial charge < -0.3 is 15.3 Å². The van der Waals surface area contributed by atoms with E-state index in [-0.39, 0.29) is 23.6 Å². The number of rotatable bonds is 4. The van der Waals surface area contributed by atoms with Gasteiger partial charge in [-0.3, -0.25) is 9.59 Å². The second-order valence-corrected chi connectivity index (χ2v) is 4.59. The van der Waals surface area contributed by atoms with Crippen molar-refractivity contribution in [2.45, 2.75) is 13.8 Å². The molecule has 0 bridgehead atoms. The minimum atomic E-state index is -1.15. The molecule has 0 aliphatic carbocycles. The SMILES string of the molecule is CNC(=O)CN(C)C(=O)c1c(C)ccc(C)c1C(=O)O. The fraction of sp³-hybridized carbons (Fsp3) is 0.357. The molecule has 0 aliphatic heterocycles. The molecule has 0 heterocycles. The van der Waals surface area contributed by atoms with E-state index in [2.05, 4.69) is 5.32 Å². The molecule has 1 rings (SSSR count). The van der Waals surface area contributed by atoms with Crippen molar-refractivity contribution in [1.82, 2.24) is 10.2 Å². The maximum atomic E-state index is 12.4. The van der Waals surface area contributed by atoms with Crippen LogP contribution in [0.5, 0.6) is 0 Å². The second-order valence-electron chi connectivity index (χ2n) is 4.59. The molecule has 0 saturated carbocycles. The van der Waals surface area contributed by atoms with Crippen molar-refractivity contribution in [2.75, 3.05) is 20.6 Å². The first-order chi connectivity index (χ1) is 9.29. The van der Waals surface area contributed by atoms with Gasteiger partial charge in [-0.25, -0.2) is 4.79 Å². The summed E-state index contributed by atoms with van der Waals surface area (Å²) in [4.78, 5) is 36.2. The summed E-state index contributed by atoms with van der Waals surface area (Å²) in [5.74, 6) is -1.95. The molecule has 1 aromatic rings. The number of carbonyl (C=O) groups excluding carboxylic acids is 2. The second kappa shape index (κ2) is 6.18. The summed E-state index contributed by atoms with van der Waals surface area (Å²) in [6, 6.07) is 3.36. The smallest absolute Gasteiger partial charge is 0.336 e. The van der Waals surface area contributed by atoms with Gasteiger partial charge in [0.15, 0.2) is 0 Å². The van der Waals surface area contributed by atoms with E-state index in [9.17, 15) is 19.5 Å². The predicted molar refractivity (Wildman–Crippen MR) is 73.9 cm³/mol. The van der Waals surface area contributed by atoms with Crippen LogP contribution in [0.4, 0.5) is 0 Å². The minimum Gasteiger partial charge on any atom is -0.478 e. The van der Waals surface area contributed by atoms with Crippen LogP contribution in [0, 0.1) is 13.8 Å². The number of aromatic carboxylic acids is 1. The summed E-state index contributed by atoms with van der Waals surface area (Å²) >= 11 is 0. The Hall–Kier alpha value is -2.37. The lowest BCUT2D eigenvalue weighted by Gasteiger charge is -2.19. The van der Waals surface area contributed by atoms with Crippen LogP contribution in [0.3, 0.4) is 0 Å². The monoisotopic (exact) mass is 278 g/mol. The molecule has 0 fully saturated rings. The van der Waals surface area contributed by atoms with E-state index in [0.717, 1.165) is 0 Å². The van der Waals surface area contributed by atoms with Gasteiger partial charge in [-0.15, -0.1) is 0 Å². The molecule has 0 unspecified atom stereocenters. The quantitative estimate of drug-likeness (QED) is 0.853. The first-order valence-corrected chi connectivity index (χ1v) is 6.09. The van der Waals surface area contributed by atoms with E-state index >= 15 is 0 Å². The lowest BCUT2D eigenvalue weighted by atomic mass is 9.96. The number of benzene rings is 1. The molecule has 2 N–H and O–H groups in total. The Morgan fingerprint density at radius 2 is 1.65 bits per heavy atom. The van der Waals surface area contributed by atoms with Gasteiger partial charge in [0, 0.05) is 14.1 Å². The van der Waals surface area contributed by atoms with Gasteiger partial charge in [0.1, 0.15) is 0 Å². The van der Waals surface area contributed by atoms with Crippen LogP contribution < -0.4 is 5.32 Å². The van der Waals surface area contributed by atoms with Gasteiger partial charge in [0.25, 0.3) is 5.91 Å². The van der Waals surface area contributed by atoms with Crippen molar-refractivity contribution in [3.05, 3.63) is 34.4 Å². The number of carboxylic acids is 1. The molecule has 6 heteroatoms. The molecular formula is C14H18N2O4. The number of nitrogens with zero attached hydrogens (tertiary/aromatic N) is 1. The molecule has 2 amide bonds. The summed E-state index contributed by atoms with van der Waals surface area (Å²) in [5, 5.41) is 11.7. The molecule has 20 heavy (non-hydrogen) atoms. The Kier molecular flexibility index (Phi) is 4.85. The fourth-order valence-corrected chi connectivity index (χ4v) is 1.92. The first-order valence-electron chi connectivity index (χ1n) is 6.09. The number of hydrogen-bond donors (Lipinski definition) is 2. The van der Waals surface area contributed by atoms with E-state index in [1.165, 1.54) is 19.0 Å². The van der Waals surface area contributed by atoms with Gasteiger partial charge >= 0.3 is 5.97 Å². The number of carbonyl (C=O) groups is 3. The first kappa shape index (κ1) is 15.7. The molecule has 0 aliphatic rings. The van der Waals surface area contributed by atoms with E-state index < -0.39 is 11.9 Å². The topological polar surface area (TPSA) is 86.7 Å². The highest BCUT2D eigenvalue weighted by molar-refractivity contribution is 6.07. The van der Waals surface area contributed by atoms with Crippen LogP contribution in [0.15, 0.2) is 12.1 Å². The van der Waals surface area contributed by atoms with Crippen molar-refractivity contribution < 1.29 is 19.5 Å². The highest BCUT2D eigenvalue weighted by atomic mass is 16.4. The number of amides is 2. The Morgan fingerprint density at radius 1 is 1.15 bits per heavy atom. The summed E-state index contributed by atoms with van der Waals surface area (Å²) in [6.45, 7) is 3.19. The van der Waals surface area contributed by atoms with Gasteiger partial charge in [0.2, 0.25) is 5.91 Å². The lowest BCUT2D eigenvalue weighted by molar-refractivity contribution is -0.121. The minimum absolute atomic E-state index is 0.0150. The van der Waals surface area contributed by atoms with Crippen molar-refractivity contribution >= 4 is 17.8 Å². The third kappa shape index (κ3) is 3.14. The Bertz CT molecular complexity index is 567. The van der Waals surface area contributed by atoms with Crippen LogP contribution in [-0.2, 0) is 4.79 Å². The highest BCUT2D eigenvalue weighted by Gasteiger charge is 2.24. The van der Waals surface area contributed by atoms with Crippen molar-refractivity contribution in [1.29, 1.82) is 0 Å². The van der Waals surface area contributed by atoms with Crippen LogP contribution in [0.1, 0.15) is 31.8 Å². The molecule has 108 valence electrons. The number of carboxylic acid groups (broad SMARTS) is 1. The van der Waals surface area contributed by atoms with E-state index in [4.69, 9.17) is 0 Å². The van der Waals surface area contributed by atoms with Crippen molar-refractivity contribution in [2.24, 2.45) is 0 Å². The third-order valence-electron chi connectivity index (χ3n) is 3.06. The largest absolute Gasteiger partial charge is 0.478 e. The summed E-state index contributed by atoms with van der Waals surface area (Å²) in [5.41, 5.74) is 1.20. The Balaban J connectivity index is 3.25. The average molecular weight is 278 g/mol. The van der Waals surface area contributed by atoms with Gasteiger partial charge in [0.05, 0.1) is 17.7 Å². The molecule has 0 radical (unpaired) electrons. The third-order valence-corrected chi connectivity index (χ3v) is 3.06. The maximum Gasteiger partial charge on any atom is 0.336 e. The van der Waals surface area contributed by atoms with Crippen LogP contribution in [0.25, 0.3) is 0 Å². The maximum absolute atomic E-state index is 12.4. The van der Waals surface area contributed by atoms with Crippen LogP contribution in [0.2, 0.25) is 0 Å². The molecular weight excluding hydrogens is 260 g/mol. The normalized spacial score (nSPS) is 10.0. The number of nitrogens with one attached hydrogen (secondary N) is 1. The average Bonchev–Trinajstić information content (AvgIpc) is 2.39. The zero-order valence-corrected chi connectivity index (χ0v) is 12.0. The van der Waals surface area contributed by atoms with Crippen molar-refractivity contribution in [3.63, 3.8) is 0 Å². The van der Waals surface area contributed by atoms with Gasteiger partial charge in [-0.2, -0.15) is 0 Å². The number of aryl methyl sites for hydroxylation is 2. The summed E-state index contributed by atoms with van der Waals surface area (Å²) in [7, 11) is 2.94. The lowest BCUT2D eigenvalue weighted by Crippen LogP contribution is -2.37. The zero-order chi connectivity index (χ0) is 15.4. The van der Waals surface area contributed by atoms with Crippen molar-refractivity contribution in [3.8, 4) is 0 Å². The molecule has 0 atom stereocenters. The van der Waals surface area contributed by atoms with E-state index in [0.29, 0.717) is 11.1 Å². The molecule has 0 saturated heterocycles. The summed E-state index contributed by atoms with van der Waals surface area (Å²) in [6.07, 6.45) is 0. The predicted octanol–water partition coefficient (Wildman–Crippen LogP) is 0.820. The van der Waals surface area contributed by atoms with Gasteiger partial charge in [-0.1, -0.05) is 12.1 Å². The standard InChI is InChI=1S/C14H18N2O4/c1-8-5-6-9(2)12(14(19)20)11(8)13(18)16(4)7-10(17)15-3/h5-6H,7H2,1-4H3,(H,15,17)(H,19,20). The molecule has 0 aromatic heterocycles. The van der Waals surface area contributed by atoms with Gasteiger partial charge in [-0.05, 0) is 25.0 Å². The molecule has 1 aromatic carbocycles. The molecule has 0 spiro atoms.